The minimum atomic E-state index is -3.47. The van der Waals surface area contributed by atoms with Crippen LogP contribution < -0.4 is 5.73 Å². The topological polar surface area (TPSA) is 72.6 Å². The third-order valence-corrected chi connectivity index (χ3v) is 7.41. The molecule has 1 fully saturated rings. The smallest absolute Gasteiger partial charge is 0.245 e. The second-order valence-corrected chi connectivity index (χ2v) is 9.00. The van der Waals surface area contributed by atoms with Gasteiger partial charge in [0.05, 0.1) is 9.89 Å². The van der Waals surface area contributed by atoms with Crippen molar-refractivity contribution < 1.29 is 13.2 Å². The molecule has 1 aromatic rings. The van der Waals surface area contributed by atoms with Gasteiger partial charge in [0.1, 0.15) is 4.90 Å². The van der Waals surface area contributed by atoms with E-state index in [0.717, 1.165) is 17.7 Å². The van der Waals surface area contributed by atoms with Crippen LogP contribution in [0.2, 0.25) is 0 Å². The molecule has 0 amide bonds. The van der Waals surface area contributed by atoms with Gasteiger partial charge < -0.3 is 10.5 Å². The van der Waals surface area contributed by atoms with E-state index in [9.17, 15) is 8.42 Å². The van der Waals surface area contributed by atoms with Crippen LogP contribution in [0.15, 0.2) is 14.7 Å². The SMILES string of the molecule is CCOC1CCCN(S(=O)(=O)c2cc(CN)sc2Br)C1. The molecule has 5 nitrogen and oxygen atoms in total. The summed E-state index contributed by atoms with van der Waals surface area (Å²) in [7, 11) is -3.47. The van der Waals surface area contributed by atoms with E-state index in [2.05, 4.69) is 15.9 Å². The lowest BCUT2D eigenvalue weighted by Crippen LogP contribution is -2.43. The Bertz CT molecular complexity index is 557. The fourth-order valence-electron chi connectivity index (χ4n) is 2.31. The van der Waals surface area contributed by atoms with Crippen molar-refractivity contribution in [2.24, 2.45) is 5.73 Å². The molecule has 1 aliphatic heterocycles. The third-order valence-electron chi connectivity index (χ3n) is 3.27. The van der Waals surface area contributed by atoms with Crippen molar-refractivity contribution in [3.63, 3.8) is 0 Å². The number of halogens is 1. The second-order valence-electron chi connectivity index (χ2n) is 4.64. The summed E-state index contributed by atoms with van der Waals surface area (Å²) >= 11 is 4.70. The zero-order chi connectivity index (χ0) is 14.8. The highest BCUT2D eigenvalue weighted by atomic mass is 79.9. The standard InChI is InChI=1S/C12H19BrN2O3S2/c1-2-18-9-4-3-5-15(8-9)20(16,17)11-6-10(7-14)19-12(11)13/h6,9H,2-5,7-8,14H2,1H3. The average molecular weight is 383 g/mol. The van der Waals surface area contributed by atoms with Crippen LogP contribution in [0.25, 0.3) is 0 Å². The molecule has 2 rings (SSSR count). The molecule has 0 saturated carbocycles. The van der Waals surface area contributed by atoms with Crippen LogP contribution in [0.1, 0.15) is 24.6 Å². The van der Waals surface area contributed by atoms with Crippen LogP contribution in [0.3, 0.4) is 0 Å². The third kappa shape index (κ3) is 3.42. The van der Waals surface area contributed by atoms with E-state index in [4.69, 9.17) is 10.5 Å². The van der Waals surface area contributed by atoms with Crippen molar-refractivity contribution in [2.45, 2.75) is 37.3 Å². The van der Waals surface area contributed by atoms with Crippen LogP contribution in [-0.2, 0) is 21.3 Å². The number of rotatable bonds is 5. The van der Waals surface area contributed by atoms with Crippen LogP contribution in [0, 0.1) is 0 Å². The average Bonchev–Trinajstić information content (AvgIpc) is 2.81. The highest BCUT2D eigenvalue weighted by Crippen LogP contribution is 2.34. The van der Waals surface area contributed by atoms with Gasteiger partial charge in [0.2, 0.25) is 10.0 Å². The molecule has 1 aromatic heterocycles. The second kappa shape index (κ2) is 6.85. The summed E-state index contributed by atoms with van der Waals surface area (Å²) < 4.78 is 33.1. The van der Waals surface area contributed by atoms with Gasteiger partial charge in [-0.2, -0.15) is 4.31 Å². The van der Waals surface area contributed by atoms with E-state index in [1.165, 1.54) is 15.6 Å². The van der Waals surface area contributed by atoms with Gasteiger partial charge in [-0.15, -0.1) is 11.3 Å². The van der Waals surface area contributed by atoms with Crippen molar-refractivity contribution in [3.8, 4) is 0 Å². The molecule has 0 bridgehead atoms. The summed E-state index contributed by atoms with van der Waals surface area (Å²) in [6.07, 6.45) is 1.74. The normalized spacial score (nSPS) is 21.2. The largest absolute Gasteiger partial charge is 0.377 e. The van der Waals surface area contributed by atoms with Crippen LogP contribution in [0.4, 0.5) is 0 Å². The highest BCUT2D eigenvalue weighted by Gasteiger charge is 2.32. The number of nitrogens with zero attached hydrogens (tertiary/aromatic N) is 1. The Kier molecular flexibility index (Phi) is 5.61. The van der Waals surface area contributed by atoms with Crippen molar-refractivity contribution in [2.75, 3.05) is 19.7 Å². The number of hydrogen-bond acceptors (Lipinski definition) is 5. The Morgan fingerprint density at radius 2 is 2.35 bits per heavy atom. The predicted octanol–water partition coefficient (Wildman–Crippen LogP) is 2.16. The Balaban J connectivity index is 2.22. The van der Waals surface area contributed by atoms with Crippen molar-refractivity contribution in [1.82, 2.24) is 4.31 Å². The number of ether oxygens (including phenoxy) is 1. The summed E-state index contributed by atoms with van der Waals surface area (Å²) in [6, 6.07) is 1.66. The van der Waals surface area contributed by atoms with Crippen LogP contribution >= 0.6 is 27.3 Å². The maximum absolute atomic E-state index is 12.7. The number of hydrogen-bond donors (Lipinski definition) is 1. The Labute approximate surface area is 132 Å². The molecule has 1 saturated heterocycles. The maximum atomic E-state index is 12.7. The van der Waals surface area contributed by atoms with E-state index in [1.54, 1.807) is 6.07 Å². The first-order valence-electron chi connectivity index (χ1n) is 6.59. The van der Waals surface area contributed by atoms with Gasteiger partial charge in [-0.3, -0.25) is 0 Å². The first-order chi connectivity index (χ1) is 9.48. The number of nitrogens with two attached hydrogens (primary N) is 1. The van der Waals surface area contributed by atoms with Crippen molar-refractivity contribution in [1.29, 1.82) is 0 Å². The molecule has 114 valence electrons. The summed E-state index contributed by atoms with van der Waals surface area (Å²) in [5.41, 5.74) is 5.58. The summed E-state index contributed by atoms with van der Waals surface area (Å²) in [6.45, 7) is 3.86. The van der Waals surface area contributed by atoms with Crippen LogP contribution in [0.5, 0.6) is 0 Å². The summed E-state index contributed by atoms with van der Waals surface area (Å²) in [5.74, 6) is 0. The first-order valence-corrected chi connectivity index (χ1v) is 9.64. The fourth-order valence-corrected chi connectivity index (χ4v) is 6.33. The molecule has 2 heterocycles. The van der Waals surface area contributed by atoms with Gasteiger partial charge in [0.15, 0.2) is 0 Å². The number of thiophene rings is 1. The fraction of sp³-hybridized carbons (Fsp3) is 0.667. The molecule has 2 N–H and O–H groups in total. The lowest BCUT2D eigenvalue weighted by molar-refractivity contribution is 0.0265. The van der Waals surface area contributed by atoms with E-state index < -0.39 is 10.0 Å². The van der Waals surface area contributed by atoms with Gasteiger partial charge in [0, 0.05) is 31.1 Å². The van der Waals surface area contributed by atoms with E-state index in [-0.39, 0.29) is 6.10 Å². The van der Waals surface area contributed by atoms with E-state index in [1.807, 2.05) is 6.92 Å². The van der Waals surface area contributed by atoms with E-state index >= 15 is 0 Å². The molecule has 0 aromatic carbocycles. The molecular weight excluding hydrogens is 364 g/mol. The van der Waals surface area contributed by atoms with Crippen LogP contribution in [-0.4, -0.2) is 38.5 Å². The molecule has 0 aliphatic carbocycles. The minimum absolute atomic E-state index is 0.00471. The molecule has 0 spiro atoms. The van der Waals surface area contributed by atoms with Crippen molar-refractivity contribution >= 4 is 37.3 Å². The minimum Gasteiger partial charge on any atom is -0.377 e. The van der Waals surface area contributed by atoms with Crippen molar-refractivity contribution in [3.05, 3.63) is 14.7 Å². The number of sulfonamides is 1. The van der Waals surface area contributed by atoms with Gasteiger partial charge in [0.25, 0.3) is 0 Å². The lowest BCUT2D eigenvalue weighted by atomic mass is 10.1. The zero-order valence-corrected chi connectivity index (χ0v) is 14.6. The quantitative estimate of drug-likeness (QED) is 0.846. The molecule has 0 radical (unpaired) electrons. The Morgan fingerprint density at radius 1 is 1.60 bits per heavy atom. The van der Waals surface area contributed by atoms with E-state index in [0.29, 0.717) is 34.9 Å². The molecule has 1 aliphatic rings. The number of piperidine rings is 1. The summed E-state index contributed by atoms with van der Waals surface area (Å²) in [5, 5.41) is 0. The molecule has 1 unspecified atom stereocenters. The van der Waals surface area contributed by atoms with Gasteiger partial charge in [-0.25, -0.2) is 8.42 Å². The lowest BCUT2D eigenvalue weighted by Gasteiger charge is -2.31. The molecule has 8 heteroatoms. The molecular formula is C12H19BrN2O3S2. The summed E-state index contributed by atoms with van der Waals surface area (Å²) in [4.78, 5) is 1.17. The molecule has 1 atom stereocenters. The Morgan fingerprint density at radius 3 is 2.95 bits per heavy atom. The van der Waals surface area contributed by atoms with Gasteiger partial charge in [-0.1, -0.05) is 0 Å². The zero-order valence-electron chi connectivity index (χ0n) is 11.3. The molecule has 20 heavy (non-hydrogen) atoms. The highest BCUT2D eigenvalue weighted by molar-refractivity contribution is 9.11. The monoisotopic (exact) mass is 382 g/mol. The Hall–Kier alpha value is 0.01000. The first kappa shape index (κ1) is 16.4. The predicted molar refractivity (Wildman–Crippen MR) is 83.3 cm³/mol. The van der Waals surface area contributed by atoms with Gasteiger partial charge >= 0.3 is 0 Å². The van der Waals surface area contributed by atoms with Gasteiger partial charge in [-0.05, 0) is 41.8 Å². The maximum Gasteiger partial charge on any atom is 0.245 e.